The van der Waals surface area contributed by atoms with Gasteiger partial charge in [-0.1, -0.05) is 0 Å². The van der Waals surface area contributed by atoms with E-state index in [1.807, 2.05) is 0 Å². The van der Waals surface area contributed by atoms with Crippen molar-refractivity contribution < 1.29 is 5.11 Å². The van der Waals surface area contributed by atoms with Crippen LogP contribution in [0.1, 0.15) is 23.8 Å². The van der Waals surface area contributed by atoms with Crippen LogP contribution in [0.5, 0.6) is 0 Å². The van der Waals surface area contributed by atoms with E-state index >= 15 is 0 Å². The van der Waals surface area contributed by atoms with E-state index in [2.05, 4.69) is 10.2 Å². The molecule has 0 amide bonds. The van der Waals surface area contributed by atoms with Gasteiger partial charge in [0.1, 0.15) is 0 Å². The SMILES string of the molecule is NCC1Cc2[nH]ncc2C(O)C1. The second kappa shape index (κ2) is 2.88. The first-order valence-electron chi connectivity index (χ1n) is 4.21. The van der Waals surface area contributed by atoms with Gasteiger partial charge in [0.2, 0.25) is 0 Å². The Morgan fingerprint density at radius 2 is 2.58 bits per heavy atom. The van der Waals surface area contributed by atoms with Crippen molar-refractivity contribution in [2.24, 2.45) is 11.7 Å². The van der Waals surface area contributed by atoms with Crippen LogP contribution in [0, 0.1) is 5.92 Å². The Kier molecular flexibility index (Phi) is 1.86. The summed E-state index contributed by atoms with van der Waals surface area (Å²) in [5.41, 5.74) is 7.54. The van der Waals surface area contributed by atoms with Crippen molar-refractivity contribution in [2.45, 2.75) is 18.9 Å². The topological polar surface area (TPSA) is 74.9 Å². The molecule has 0 fully saturated rings. The molecule has 4 N–H and O–H groups in total. The van der Waals surface area contributed by atoms with E-state index in [9.17, 15) is 5.11 Å². The number of nitrogens with two attached hydrogens (primary N) is 1. The molecule has 1 aromatic rings. The van der Waals surface area contributed by atoms with Crippen LogP contribution in [0.3, 0.4) is 0 Å². The smallest absolute Gasteiger partial charge is 0.0826 e. The lowest BCUT2D eigenvalue weighted by molar-refractivity contribution is 0.133. The molecule has 1 aromatic heterocycles. The lowest BCUT2D eigenvalue weighted by Crippen LogP contribution is -2.24. The quantitative estimate of drug-likeness (QED) is 0.549. The minimum absolute atomic E-state index is 0.374. The molecule has 0 saturated heterocycles. The molecule has 1 aliphatic carbocycles. The molecule has 12 heavy (non-hydrogen) atoms. The third-order valence-corrected chi connectivity index (χ3v) is 2.49. The number of H-pyrrole nitrogens is 1. The predicted molar refractivity (Wildman–Crippen MR) is 44.4 cm³/mol. The highest BCUT2D eigenvalue weighted by Crippen LogP contribution is 2.30. The maximum atomic E-state index is 9.64. The molecule has 66 valence electrons. The zero-order chi connectivity index (χ0) is 8.55. The van der Waals surface area contributed by atoms with Crippen molar-refractivity contribution in [3.63, 3.8) is 0 Å². The number of nitrogens with one attached hydrogen (secondary N) is 1. The molecule has 2 atom stereocenters. The van der Waals surface area contributed by atoms with Crippen molar-refractivity contribution in [2.75, 3.05) is 6.54 Å². The average molecular weight is 167 g/mol. The summed E-state index contributed by atoms with van der Waals surface area (Å²) in [5, 5.41) is 16.4. The van der Waals surface area contributed by atoms with Gasteiger partial charge in [0, 0.05) is 11.3 Å². The molecule has 0 spiro atoms. The zero-order valence-corrected chi connectivity index (χ0v) is 6.83. The van der Waals surface area contributed by atoms with Crippen LogP contribution in [-0.2, 0) is 6.42 Å². The number of rotatable bonds is 1. The lowest BCUT2D eigenvalue weighted by Gasteiger charge is -2.24. The molecule has 0 radical (unpaired) electrons. The fourth-order valence-corrected chi connectivity index (χ4v) is 1.77. The Balaban J connectivity index is 2.26. The van der Waals surface area contributed by atoms with E-state index in [0.717, 1.165) is 24.1 Å². The minimum Gasteiger partial charge on any atom is -0.388 e. The number of hydrogen-bond acceptors (Lipinski definition) is 3. The van der Waals surface area contributed by atoms with Crippen LogP contribution in [0.15, 0.2) is 6.20 Å². The Labute approximate surface area is 70.8 Å². The molecular formula is C8H13N3O. The molecule has 0 saturated carbocycles. The third-order valence-electron chi connectivity index (χ3n) is 2.49. The predicted octanol–water partition coefficient (Wildman–Crippen LogP) is -0.0358. The number of aliphatic hydroxyl groups is 1. The standard InChI is InChI=1S/C8H13N3O/c9-3-5-1-7-6(4-10-11-7)8(12)2-5/h4-5,8,12H,1-3,9H2,(H,10,11). The molecule has 0 aromatic carbocycles. The fourth-order valence-electron chi connectivity index (χ4n) is 1.77. The first-order chi connectivity index (χ1) is 5.81. The number of fused-ring (bicyclic) bond motifs is 1. The lowest BCUT2D eigenvalue weighted by atomic mass is 9.86. The van der Waals surface area contributed by atoms with Gasteiger partial charge in [-0.3, -0.25) is 5.10 Å². The number of aromatic nitrogens is 2. The molecule has 2 unspecified atom stereocenters. The van der Waals surface area contributed by atoms with E-state index in [1.165, 1.54) is 0 Å². The van der Waals surface area contributed by atoms with Crippen molar-refractivity contribution in [1.82, 2.24) is 10.2 Å². The molecule has 4 heteroatoms. The molecule has 4 nitrogen and oxygen atoms in total. The van der Waals surface area contributed by atoms with E-state index < -0.39 is 0 Å². The normalized spacial score (nSPS) is 28.5. The number of nitrogens with zero attached hydrogens (tertiary/aromatic N) is 1. The summed E-state index contributed by atoms with van der Waals surface area (Å²) in [6.07, 6.45) is 3.01. The minimum atomic E-state index is -0.374. The summed E-state index contributed by atoms with van der Waals surface area (Å²) in [6, 6.07) is 0. The van der Waals surface area contributed by atoms with Crippen molar-refractivity contribution in [3.05, 3.63) is 17.5 Å². The van der Waals surface area contributed by atoms with Crippen LogP contribution in [0.25, 0.3) is 0 Å². The molecule has 0 aliphatic heterocycles. The summed E-state index contributed by atoms with van der Waals surface area (Å²) >= 11 is 0. The number of aromatic amines is 1. The second-order valence-electron chi connectivity index (χ2n) is 3.36. The Morgan fingerprint density at radius 1 is 1.75 bits per heavy atom. The first kappa shape index (κ1) is 7.76. The van der Waals surface area contributed by atoms with Crippen LogP contribution < -0.4 is 5.73 Å². The van der Waals surface area contributed by atoms with Gasteiger partial charge in [0.15, 0.2) is 0 Å². The number of aliphatic hydroxyl groups excluding tert-OH is 1. The molecule has 1 heterocycles. The van der Waals surface area contributed by atoms with Gasteiger partial charge in [-0.25, -0.2) is 0 Å². The van der Waals surface area contributed by atoms with Crippen molar-refractivity contribution in [3.8, 4) is 0 Å². The third kappa shape index (κ3) is 1.13. The Bertz CT molecular complexity index is 271. The van der Waals surface area contributed by atoms with Crippen LogP contribution in [0.2, 0.25) is 0 Å². The van der Waals surface area contributed by atoms with Gasteiger partial charge in [0.25, 0.3) is 0 Å². The summed E-state index contributed by atoms with van der Waals surface area (Å²) in [5.74, 6) is 0.396. The largest absolute Gasteiger partial charge is 0.388 e. The summed E-state index contributed by atoms with van der Waals surface area (Å²) < 4.78 is 0. The van der Waals surface area contributed by atoms with Gasteiger partial charge >= 0.3 is 0 Å². The van der Waals surface area contributed by atoms with Crippen molar-refractivity contribution in [1.29, 1.82) is 0 Å². The van der Waals surface area contributed by atoms with E-state index in [-0.39, 0.29) is 6.10 Å². The summed E-state index contributed by atoms with van der Waals surface area (Å²) in [6.45, 7) is 0.634. The molecular weight excluding hydrogens is 154 g/mol. The first-order valence-corrected chi connectivity index (χ1v) is 4.21. The van der Waals surface area contributed by atoms with Gasteiger partial charge in [-0.05, 0) is 25.3 Å². The molecule has 1 aliphatic rings. The van der Waals surface area contributed by atoms with E-state index in [4.69, 9.17) is 5.73 Å². The van der Waals surface area contributed by atoms with E-state index in [1.54, 1.807) is 6.20 Å². The highest BCUT2D eigenvalue weighted by Gasteiger charge is 2.25. The maximum Gasteiger partial charge on any atom is 0.0826 e. The molecule has 2 rings (SSSR count). The Hall–Kier alpha value is -0.870. The summed E-state index contributed by atoms with van der Waals surface area (Å²) in [7, 11) is 0. The Morgan fingerprint density at radius 3 is 3.33 bits per heavy atom. The zero-order valence-electron chi connectivity index (χ0n) is 6.83. The molecule has 0 bridgehead atoms. The average Bonchev–Trinajstić information content (AvgIpc) is 2.52. The highest BCUT2D eigenvalue weighted by atomic mass is 16.3. The maximum absolute atomic E-state index is 9.64. The monoisotopic (exact) mass is 167 g/mol. The fraction of sp³-hybridized carbons (Fsp3) is 0.625. The van der Waals surface area contributed by atoms with Gasteiger partial charge in [-0.2, -0.15) is 5.10 Å². The van der Waals surface area contributed by atoms with Crippen LogP contribution in [-0.4, -0.2) is 21.8 Å². The summed E-state index contributed by atoms with van der Waals surface area (Å²) in [4.78, 5) is 0. The van der Waals surface area contributed by atoms with Gasteiger partial charge < -0.3 is 10.8 Å². The number of hydrogen-bond donors (Lipinski definition) is 3. The second-order valence-corrected chi connectivity index (χ2v) is 3.36. The van der Waals surface area contributed by atoms with Crippen LogP contribution in [0.4, 0.5) is 0 Å². The van der Waals surface area contributed by atoms with Gasteiger partial charge in [0.05, 0.1) is 12.3 Å². The highest BCUT2D eigenvalue weighted by molar-refractivity contribution is 5.22. The van der Waals surface area contributed by atoms with Crippen LogP contribution >= 0.6 is 0 Å². The van der Waals surface area contributed by atoms with Crippen molar-refractivity contribution >= 4 is 0 Å². The van der Waals surface area contributed by atoms with Gasteiger partial charge in [-0.15, -0.1) is 0 Å². The van der Waals surface area contributed by atoms with E-state index in [0.29, 0.717) is 12.5 Å².